The molecule has 0 heterocycles. The van der Waals surface area contributed by atoms with Gasteiger partial charge in [-0.2, -0.15) is 0 Å². The van der Waals surface area contributed by atoms with Gasteiger partial charge in [0.2, 0.25) is 5.78 Å². The van der Waals surface area contributed by atoms with Gasteiger partial charge in [0.05, 0.1) is 0 Å². The van der Waals surface area contributed by atoms with Crippen LogP contribution in [0.1, 0.15) is 50.5 Å². The van der Waals surface area contributed by atoms with Crippen LogP contribution in [0.5, 0.6) is 0 Å². The summed E-state index contributed by atoms with van der Waals surface area (Å²) in [4.78, 5) is 22.1. The first-order chi connectivity index (χ1) is 8.66. The molecule has 1 N–H and O–H groups in total. The Bertz CT molecular complexity index is 430. The lowest BCUT2D eigenvalue weighted by Gasteiger charge is -2.22. The average molecular weight is 245 g/mol. The van der Waals surface area contributed by atoms with Gasteiger partial charge >= 0.3 is 0 Å². The van der Waals surface area contributed by atoms with E-state index in [9.17, 15) is 9.59 Å². The van der Waals surface area contributed by atoms with Crippen molar-refractivity contribution in [3.8, 4) is 0 Å². The third-order valence-electron chi connectivity index (χ3n) is 3.56. The summed E-state index contributed by atoms with van der Waals surface area (Å²) in [5.74, 6) is -0.358. The number of hydrogen-bond donors (Lipinski definition) is 1. The standard InChI is InChI=1S/C15H19NO2/c1-11(17)15(18)16-14-9-7-13(8-10-14)12-5-3-2-4-6-12/h7-10,12H,2-6H2,1H3,(H,16,18). The third-order valence-corrected chi connectivity index (χ3v) is 3.56. The minimum absolute atomic E-state index is 0.466. The second-order valence-electron chi connectivity index (χ2n) is 4.97. The van der Waals surface area contributed by atoms with Gasteiger partial charge in [0.1, 0.15) is 0 Å². The Kier molecular flexibility index (Phi) is 4.13. The van der Waals surface area contributed by atoms with Crippen molar-refractivity contribution in [2.24, 2.45) is 0 Å². The molecule has 0 unspecified atom stereocenters. The summed E-state index contributed by atoms with van der Waals surface area (Å²) in [7, 11) is 0. The molecule has 0 aromatic heterocycles. The van der Waals surface area contributed by atoms with Crippen molar-refractivity contribution in [3.63, 3.8) is 0 Å². The van der Waals surface area contributed by atoms with E-state index < -0.39 is 11.7 Å². The van der Waals surface area contributed by atoms with Gasteiger partial charge in [-0.3, -0.25) is 9.59 Å². The monoisotopic (exact) mass is 245 g/mol. The summed E-state index contributed by atoms with van der Waals surface area (Å²) >= 11 is 0. The van der Waals surface area contributed by atoms with Crippen LogP contribution < -0.4 is 5.32 Å². The summed E-state index contributed by atoms with van der Waals surface area (Å²) in [6, 6.07) is 7.88. The average Bonchev–Trinajstić information content (AvgIpc) is 2.40. The number of carbonyl (C=O) groups excluding carboxylic acids is 2. The first-order valence-corrected chi connectivity index (χ1v) is 6.58. The SMILES string of the molecule is CC(=O)C(=O)Nc1ccc(C2CCCCC2)cc1. The van der Waals surface area contributed by atoms with Crippen molar-refractivity contribution in [1.82, 2.24) is 0 Å². The van der Waals surface area contributed by atoms with Crippen molar-refractivity contribution in [1.29, 1.82) is 0 Å². The lowest BCUT2D eigenvalue weighted by molar-refractivity contribution is -0.133. The molecule has 18 heavy (non-hydrogen) atoms. The molecule has 0 atom stereocenters. The van der Waals surface area contributed by atoms with Crippen LogP contribution in [0.15, 0.2) is 24.3 Å². The molecule has 1 aliphatic carbocycles. The molecule has 1 saturated carbocycles. The lowest BCUT2D eigenvalue weighted by atomic mass is 9.84. The Labute approximate surface area is 108 Å². The van der Waals surface area contributed by atoms with Crippen LogP contribution in [0.4, 0.5) is 5.69 Å². The predicted octanol–water partition coefficient (Wildman–Crippen LogP) is 3.26. The van der Waals surface area contributed by atoms with Gasteiger partial charge in [-0.1, -0.05) is 31.4 Å². The van der Waals surface area contributed by atoms with Crippen LogP contribution in [-0.2, 0) is 9.59 Å². The molecule has 1 aromatic rings. The molecule has 0 saturated heterocycles. The van der Waals surface area contributed by atoms with E-state index in [2.05, 4.69) is 17.4 Å². The van der Waals surface area contributed by atoms with Crippen LogP contribution in [-0.4, -0.2) is 11.7 Å². The van der Waals surface area contributed by atoms with Crippen LogP contribution in [0, 0.1) is 0 Å². The molecule has 0 spiro atoms. The highest BCUT2D eigenvalue weighted by molar-refractivity contribution is 6.39. The number of hydrogen-bond acceptors (Lipinski definition) is 2. The van der Waals surface area contributed by atoms with Gasteiger partial charge in [-0.25, -0.2) is 0 Å². The van der Waals surface area contributed by atoms with Crippen molar-refractivity contribution in [2.75, 3.05) is 5.32 Å². The molecule has 96 valence electrons. The zero-order valence-electron chi connectivity index (χ0n) is 10.7. The molecule has 0 aliphatic heterocycles. The van der Waals surface area contributed by atoms with Crippen molar-refractivity contribution in [2.45, 2.75) is 44.9 Å². The zero-order chi connectivity index (χ0) is 13.0. The molecule has 2 rings (SSSR count). The van der Waals surface area contributed by atoms with Crippen molar-refractivity contribution >= 4 is 17.4 Å². The first-order valence-electron chi connectivity index (χ1n) is 6.58. The highest BCUT2D eigenvalue weighted by atomic mass is 16.2. The molecular weight excluding hydrogens is 226 g/mol. The second-order valence-corrected chi connectivity index (χ2v) is 4.97. The Morgan fingerprint density at radius 2 is 1.67 bits per heavy atom. The molecule has 1 aromatic carbocycles. The number of anilines is 1. The zero-order valence-corrected chi connectivity index (χ0v) is 10.7. The molecular formula is C15H19NO2. The number of rotatable bonds is 3. The Morgan fingerprint density at radius 3 is 2.22 bits per heavy atom. The van der Waals surface area contributed by atoms with Gasteiger partial charge in [0.15, 0.2) is 0 Å². The molecule has 3 nitrogen and oxygen atoms in total. The molecule has 0 bridgehead atoms. The molecule has 1 amide bonds. The smallest absolute Gasteiger partial charge is 0.291 e. The third kappa shape index (κ3) is 3.19. The van der Waals surface area contributed by atoms with E-state index in [1.807, 2.05) is 12.1 Å². The summed E-state index contributed by atoms with van der Waals surface area (Å²) < 4.78 is 0. The summed E-state index contributed by atoms with van der Waals surface area (Å²) in [5, 5.41) is 2.58. The maximum atomic E-state index is 11.2. The fourth-order valence-corrected chi connectivity index (χ4v) is 2.49. The molecule has 1 fully saturated rings. The highest BCUT2D eigenvalue weighted by Gasteiger charge is 2.15. The predicted molar refractivity (Wildman–Crippen MR) is 71.6 cm³/mol. The van der Waals surface area contributed by atoms with Crippen molar-refractivity contribution < 1.29 is 9.59 Å². The van der Waals surface area contributed by atoms with Gasteiger partial charge < -0.3 is 5.32 Å². The fraction of sp³-hybridized carbons (Fsp3) is 0.467. The summed E-state index contributed by atoms with van der Waals surface area (Å²) in [6.45, 7) is 1.27. The Morgan fingerprint density at radius 1 is 1.06 bits per heavy atom. The van der Waals surface area contributed by atoms with Gasteiger partial charge in [-0.05, 0) is 36.5 Å². The first kappa shape index (κ1) is 12.8. The van der Waals surface area contributed by atoms with E-state index in [1.165, 1.54) is 44.6 Å². The fourth-order valence-electron chi connectivity index (χ4n) is 2.49. The van der Waals surface area contributed by atoms with E-state index in [4.69, 9.17) is 0 Å². The van der Waals surface area contributed by atoms with Crippen LogP contribution in [0.3, 0.4) is 0 Å². The maximum Gasteiger partial charge on any atom is 0.291 e. The largest absolute Gasteiger partial charge is 0.319 e. The van der Waals surface area contributed by atoms with Gasteiger partial charge in [-0.15, -0.1) is 0 Å². The van der Waals surface area contributed by atoms with Crippen LogP contribution in [0.25, 0.3) is 0 Å². The normalized spacial score (nSPS) is 16.3. The quantitative estimate of drug-likeness (QED) is 0.831. The number of ketones is 1. The summed E-state index contributed by atoms with van der Waals surface area (Å²) in [6.07, 6.45) is 6.50. The number of amides is 1. The second kappa shape index (κ2) is 5.80. The minimum Gasteiger partial charge on any atom is -0.319 e. The van der Waals surface area contributed by atoms with E-state index >= 15 is 0 Å². The van der Waals surface area contributed by atoms with E-state index in [1.54, 1.807) is 0 Å². The van der Waals surface area contributed by atoms with Crippen molar-refractivity contribution in [3.05, 3.63) is 29.8 Å². The minimum atomic E-state index is -0.555. The van der Waals surface area contributed by atoms with E-state index in [0.29, 0.717) is 11.6 Å². The van der Waals surface area contributed by atoms with E-state index in [0.717, 1.165) is 0 Å². The van der Waals surface area contributed by atoms with Crippen LogP contribution >= 0.6 is 0 Å². The maximum absolute atomic E-state index is 11.2. The van der Waals surface area contributed by atoms with Crippen LogP contribution in [0.2, 0.25) is 0 Å². The molecule has 3 heteroatoms. The lowest BCUT2D eigenvalue weighted by Crippen LogP contribution is -2.19. The van der Waals surface area contributed by atoms with Gasteiger partial charge in [0, 0.05) is 12.6 Å². The number of Topliss-reactive ketones (excluding diaryl/α,β-unsaturated/α-hetero) is 1. The van der Waals surface area contributed by atoms with E-state index in [-0.39, 0.29) is 0 Å². The van der Waals surface area contributed by atoms with Gasteiger partial charge in [0.25, 0.3) is 5.91 Å². The topological polar surface area (TPSA) is 46.2 Å². The number of benzene rings is 1. The Hall–Kier alpha value is -1.64. The summed E-state index contributed by atoms with van der Waals surface area (Å²) in [5.41, 5.74) is 2.03. The highest BCUT2D eigenvalue weighted by Crippen LogP contribution is 2.32. The molecule has 0 radical (unpaired) electrons. The number of nitrogens with one attached hydrogen (secondary N) is 1. The number of carbonyl (C=O) groups is 2. The Balaban J connectivity index is 2.00. The molecule has 1 aliphatic rings.